The summed E-state index contributed by atoms with van der Waals surface area (Å²) >= 11 is 0. The Labute approximate surface area is 137 Å². The fourth-order valence-electron chi connectivity index (χ4n) is 4.14. The van der Waals surface area contributed by atoms with Gasteiger partial charge in [0, 0.05) is 24.7 Å². The van der Waals surface area contributed by atoms with E-state index in [1.807, 2.05) is 0 Å². The molecular formula is C17H22N2O3S. The highest BCUT2D eigenvalue weighted by Crippen LogP contribution is 2.50. The lowest BCUT2D eigenvalue weighted by Crippen LogP contribution is -2.28. The number of rotatable bonds is 4. The number of hydrogen-bond donors (Lipinski definition) is 1. The van der Waals surface area contributed by atoms with E-state index in [-0.39, 0.29) is 16.8 Å². The Hall–Kier alpha value is -1.40. The van der Waals surface area contributed by atoms with E-state index in [0.29, 0.717) is 24.8 Å². The summed E-state index contributed by atoms with van der Waals surface area (Å²) in [5.74, 6) is 1.20. The molecular weight excluding hydrogens is 312 g/mol. The molecule has 1 unspecified atom stereocenters. The van der Waals surface area contributed by atoms with Gasteiger partial charge in [-0.1, -0.05) is 12.8 Å². The van der Waals surface area contributed by atoms with Gasteiger partial charge in [0.15, 0.2) is 0 Å². The van der Waals surface area contributed by atoms with Crippen molar-refractivity contribution in [1.82, 2.24) is 4.72 Å². The summed E-state index contributed by atoms with van der Waals surface area (Å²) in [7, 11) is -3.46. The number of nitrogens with zero attached hydrogens (tertiary/aromatic N) is 1. The molecule has 4 rings (SSSR count). The van der Waals surface area contributed by atoms with Crippen molar-refractivity contribution in [3.05, 3.63) is 24.3 Å². The largest absolute Gasteiger partial charge is 0.312 e. The number of carbonyl (C=O) groups is 1. The van der Waals surface area contributed by atoms with Gasteiger partial charge in [-0.15, -0.1) is 0 Å². The van der Waals surface area contributed by atoms with Crippen molar-refractivity contribution in [2.75, 3.05) is 11.4 Å². The quantitative estimate of drug-likeness (QED) is 0.918. The number of nitrogens with one attached hydrogen (secondary N) is 1. The predicted molar refractivity (Wildman–Crippen MR) is 87.6 cm³/mol. The molecule has 0 spiro atoms. The van der Waals surface area contributed by atoms with E-state index in [9.17, 15) is 13.2 Å². The summed E-state index contributed by atoms with van der Waals surface area (Å²) in [6.07, 6.45) is 6.18. The lowest BCUT2D eigenvalue weighted by molar-refractivity contribution is -0.117. The van der Waals surface area contributed by atoms with Gasteiger partial charge >= 0.3 is 0 Å². The molecule has 1 aromatic carbocycles. The summed E-state index contributed by atoms with van der Waals surface area (Å²) in [6.45, 7) is 0.717. The van der Waals surface area contributed by atoms with Crippen molar-refractivity contribution in [1.29, 1.82) is 0 Å². The van der Waals surface area contributed by atoms with Crippen LogP contribution in [0.3, 0.4) is 0 Å². The van der Waals surface area contributed by atoms with E-state index in [1.165, 1.54) is 12.8 Å². The molecule has 3 aliphatic rings. The normalized spacial score (nSPS) is 30.3. The van der Waals surface area contributed by atoms with Crippen LogP contribution in [-0.2, 0) is 14.8 Å². The molecule has 1 aliphatic heterocycles. The Bertz CT molecular complexity index is 702. The van der Waals surface area contributed by atoms with E-state index in [4.69, 9.17) is 0 Å². The number of amides is 1. The maximum atomic E-state index is 12.5. The molecule has 2 aliphatic carbocycles. The highest BCUT2D eigenvalue weighted by Gasteiger charge is 2.52. The first-order chi connectivity index (χ1) is 11.1. The second-order valence-corrected chi connectivity index (χ2v) is 8.62. The third-order valence-electron chi connectivity index (χ3n) is 5.48. The second-order valence-electron chi connectivity index (χ2n) is 6.90. The van der Waals surface area contributed by atoms with Crippen LogP contribution in [0.5, 0.6) is 0 Å². The number of benzene rings is 1. The zero-order valence-corrected chi connectivity index (χ0v) is 13.9. The van der Waals surface area contributed by atoms with Crippen LogP contribution >= 0.6 is 0 Å². The highest BCUT2D eigenvalue weighted by atomic mass is 32.2. The Balaban J connectivity index is 1.47. The minimum absolute atomic E-state index is 0.112. The molecule has 0 bridgehead atoms. The van der Waals surface area contributed by atoms with Crippen LogP contribution in [0.25, 0.3) is 0 Å². The number of hydrogen-bond acceptors (Lipinski definition) is 3. The first-order valence-corrected chi connectivity index (χ1v) is 9.97. The van der Waals surface area contributed by atoms with Crippen LogP contribution < -0.4 is 9.62 Å². The third-order valence-corrected chi connectivity index (χ3v) is 6.96. The van der Waals surface area contributed by atoms with E-state index in [1.54, 1.807) is 29.2 Å². The molecule has 3 fully saturated rings. The smallest absolute Gasteiger partial charge is 0.240 e. The van der Waals surface area contributed by atoms with Crippen molar-refractivity contribution in [3.63, 3.8) is 0 Å². The minimum atomic E-state index is -3.46. The van der Waals surface area contributed by atoms with Crippen molar-refractivity contribution in [2.45, 2.75) is 49.5 Å². The van der Waals surface area contributed by atoms with Gasteiger partial charge in [0.2, 0.25) is 15.9 Å². The van der Waals surface area contributed by atoms with Crippen molar-refractivity contribution in [2.24, 2.45) is 11.8 Å². The van der Waals surface area contributed by atoms with Crippen LogP contribution in [0, 0.1) is 11.8 Å². The number of fused-ring (bicyclic) bond motifs is 1. The number of anilines is 1. The maximum absolute atomic E-state index is 12.5. The molecule has 1 N–H and O–H groups in total. The number of carbonyl (C=O) groups excluding carboxylic acids is 1. The average Bonchev–Trinajstić information content (AvgIpc) is 3.05. The van der Waals surface area contributed by atoms with E-state index in [0.717, 1.165) is 24.9 Å². The van der Waals surface area contributed by atoms with Crippen molar-refractivity contribution >= 4 is 21.6 Å². The third kappa shape index (κ3) is 2.78. The van der Waals surface area contributed by atoms with Gasteiger partial charge in [-0.05, 0) is 55.4 Å². The van der Waals surface area contributed by atoms with Gasteiger partial charge in [0.05, 0.1) is 4.90 Å². The summed E-state index contributed by atoms with van der Waals surface area (Å²) in [6, 6.07) is 6.81. The van der Waals surface area contributed by atoms with Gasteiger partial charge in [0.1, 0.15) is 0 Å². The fourth-order valence-corrected chi connectivity index (χ4v) is 5.48. The van der Waals surface area contributed by atoms with Crippen LogP contribution in [0.2, 0.25) is 0 Å². The monoisotopic (exact) mass is 334 g/mol. The molecule has 6 heteroatoms. The molecule has 23 heavy (non-hydrogen) atoms. The van der Waals surface area contributed by atoms with E-state index in [2.05, 4.69) is 4.72 Å². The van der Waals surface area contributed by atoms with Crippen LogP contribution in [0.4, 0.5) is 5.69 Å². The van der Waals surface area contributed by atoms with Gasteiger partial charge in [0.25, 0.3) is 0 Å². The van der Waals surface area contributed by atoms with Gasteiger partial charge in [-0.3, -0.25) is 4.79 Å². The van der Waals surface area contributed by atoms with Gasteiger partial charge in [-0.2, -0.15) is 0 Å². The van der Waals surface area contributed by atoms with Crippen LogP contribution in [0.15, 0.2) is 29.2 Å². The molecule has 1 saturated heterocycles. The number of sulfonamides is 1. The molecule has 0 radical (unpaired) electrons. The van der Waals surface area contributed by atoms with E-state index < -0.39 is 10.0 Å². The van der Waals surface area contributed by atoms with Gasteiger partial charge in [-0.25, -0.2) is 13.1 Å². The lowest BCUT2D eigenvalue weighted by atomic mass is 10.0. The summed E-state index contributed by atoms with van der Waals surface area (Å²) in [5.41, 5.74) is 0.784. The maximum Gasteiger partial charge on any atom is 0.240 e. The Kier molecular flexibility index (Phi) is 3.69. The Morgan fingerprint density at radius 1 is 1.00 bits per heavy atom. The van der Waals surface area contributed by atoms with Gasteiger partial charge < -0.3 is 4.90 Å². The van der Waals surface area contributed by atoms with Crippen molar-refractivity contribution < 1.29 is 13.2 Å². The SMILES string of the molecule is O=C1CCCN1c1ccc(S(=O)(=O)NC2[C@H]3CCCC[C@@H]23)cc1. The zero-order valence-electron chi connectivity index (χ0n) is 13.1. The summed E-state index contributed by atoms with van der Waals surface area (Å²) < 4.78 is 27.9. The summed E-state index contributed by atoms with van der Waals surface area (Å²) in [5, 5.41) is 0. The van der Waals surface area contributed by atoms with Crippen LogP contribution in [0.1, 0.15) is 38.5 Å². The van der Waals surface area contributed by atoms with Crippen LogP contribution in [-0.4, -0.2) is 26.9 Å². The minimum Gasteiger partial charge on any atom is -0.312 e. The molecule has 124 valence electrons. The average molecular weight is 334 g/mol. The fraction of sp³-hybridized carbons (Fsp3) is 0.588. The zero-order chi connectivity index (χ0) is 16.0. The first-order valence-electron chi connectivity index (χ1n) is 8.49. The molecule has 1 aromatic rings. The lowest BCUT2D eigenvalue weighted by Gasteiger charge is -2.16. The standard InChI is InChI=1S/C17H22N2O3S/c20-16-6-3-11-19(16)12-7-9-13(10-8-12)23(21,22)18-17-14-4-1-2-5-15(14)17/h7-10,14-15,17-18H,1-6,11H2/t14-,15+,17?. The molecule has 5 nitrogen and oxygen atoms in total. The highest BCUT2D eigenvalue weighted by molar-refractivity contribution is 7.89. The summed E-state index contributed by atoms with van der Waals surface area (Å²) in [4.78, 5) is 13.8. The first kappa shape index (κ1) is 15.1. The molecule has 1 heterocycles. The Morgan fingerprint density at radius 2 is 1.65 bits per heavy atom. The second kappa shape index (κ2) is 5.60. The Morgan fingerprint density at radius 3 is 2.22 bits per heavy atom. The molecule has 2 saturated carbocycles. The molecule has 1 amide bonds. The van der Waals surface area contributed by atoms with E-state index >= 15 is 0 Å². The topological polar surface area (TPSA) is 66.5 Å². The predicted octanol–water partition coefficient (Wildman–Crippen LogP) is 2.28. The molecule has 3 atom stereocenters. The molecule has 0 aromatic heterocycles. The van der Waals surface area contributed by atoms with Crippen molar-refractivity contribution in [3.8, 4) is 0 Å².